The van der Waals surface area contributed by atoms with Crippen LogP contribution in [0.1, 0.15) is 25.7 Å². The first kappa shape index (κ1) is 16.0. The summed E-state index contributed by atoms with van der Waals surface area (Å²) < 4.78 is 11.1. The number of likely N-dealkylation sites (tertiary alicyclic amines) is 1. The lowest BCUT2D eigenvalue weighted by Gasteiger charge is -2.38. The van der Waals surface area contributed by atoms with Crippen molar-refractivity contribution in [1.82, 2.24) is 9.88 Å². The Hall–Kier alpha value is -1.85. The van der Waals surface area contributed by atoms with E-state index in [1.807, 2.05) is 24.3 Å². The summed E-state index contributed by atoms with van der Waals surface area (Å²) in [7, 11) is 1.65. The third-order valence-corrected chi connectivity index (χ3v) is 4.68. The molecule has 2 unspecified atom stereocenters. The van der Waals surface area contributed by atoms with Crippen LogP contribution >= 0.6 is 0 Å². The third-order valence-electron chi connectivity index (χ3n) is 4.68. The molecule has 1 aliphatic heterocycles. The maximum Gasteiger partial charge on any atom is 0.209 e. The molecule has 3 rings (SSSR count). The van der Waals surface area contributed by atoms with E-state index in [1.165, 1.54) is 6.42 Å². The molecule has 1 saturated heterocycles. The van der Waals surface area contributed by atoms with Gasteiger partial charge in [0.05, 0.1) is 26.5 Å². The number of aliphatic hydroxyl groups is 1. The molecule has 1 aromatic heterocycles. The lowest BCUT2D eigenvalue weighted by Crippen LogP contribution is -2.46. The molecule has 0 radical (unpaired) electrons. The lowest BCUT2D eigenvalue weighted by molar-refractivity contribution is 0.0415. The average Bonchev–Trinajstić information content (AvgIpc) is 3.04. The van der Waals surface area contributed by atoms with Crippen LogP contribution in [0.2, 0.25) is 0 Å². The zero-order valence-corrected chi connectivity index (χ0v) is 13.7. The molecule has 0 aliphatic carbocycles. The molecule has 1 N–H and O–H groups in total. The number of methoxy groups -OCH3 is 1. The number of ether oxygens (including phenoxy) is 1. The smallest absolute Gasteiger partial charge is 0.209 e. The molecule has 0 bridgehead atoms. The van der Waals surface area contributed by atoms with Crippen LogP contribution in [-0.4, -0.2) is 41.3 Å². The molecule has 23 heavy (non-hydrogen) atoms. The van der Waals surface area contributed by atoms with E-state index in [4.69, 9.17) is 9.15 Å². The Labute approximate surface area is 136 Å². The van der Waals surface area contributed by atoms with Crippen LogP contribution in [0.25, 0.3) is 11.3 Å². The second-order valence-corrected chi connectivity index (χ2v) is 6.19. The van der Waals surface area contributed by atoms with Gasteiger partial charge in [-0.05, 0) is 49.6 Å². The van der Waals surface area contributed by atoms with Gasteiger partial charge in [-0.25, -0.2) is 4.98 Å². The molecular weight excluding hydrogens is 292 g/mol. The summed E-state index contributed by atoms with van der Waals surface area (Å²) in [5.41, 5.74) is 0.982. The van der Waals surface area contributed by atoms with Crippen molar-refractivity contribution in [2.75, 3.05) is 20.3 Å². The molecule has 1 aromatic carbocycles. The number of piperidine rings is 1. The van der Waals surface area contributed by atoms with Crippen LogP contribution in [0.4, 0.5) is 0 Å². The van der Waals surface area contributed by atoms with E-state index < -0.39 is 0 Å². The highest BCUT2D eigenvalue weighted by molar-refractivity contribution is 5.57. The van der Waals surface area contributed by atoms with Gasteiger partial charge in [-0.1, -0.05) is 6.92 Å². The Morgan fingerprint density at radius 1 is 1.35 bits per heavy atom. The summed E-state index contributed by atoms with van der Waals surface area (Å²) in [5, 5.41) is 9.64. The third kappa shape index (κ3) is 3.57. The van der Waals surface area contributed by atoms with Crippen molar-refractivity contribution in [2.24, 2.45) is 5.92 Å². The fourth-order valence-corrected chi connectivity index (χ4v) is 3.27. The van der Waals surface area contributed by atoms with E-state index in [9.17, 15) is 5.11 Å². The molecule has 1 fully saturated rings. The molecule has 5 nitrogen and oxygen atoms in total. The van der Waals surface area contributed by atoms with Crippen molar-refractivity contribution in [3.63, 3.8) is 0 Å². The van der Waals surface area contributed by atoms with Gasteiger partial charge in [-0.2, -0.15) is 0 Å². The zero-order valence-electron chi connectivity index (χ0n) is 13.7. The molecule has 0 amide bonds. The summed E-state index contributed by atoms with van der Waals surface area (Å²) in [6, 6.07) is 7.93. The number of nitrogens with zero attached hydrogens (tertiary/aromatic N) is 2. The van der Waals surface area contributed by atoms with Crippen molar-refractivity contribution in [3.05, 3.63) is 36.4 Å². The van der Waals surface area contributed by atoms with E-state index in [-0.39, 0.29) is 12.6 Å². The average molecular weight is 316 g/mol. The minimum Gasteiger partial charge on any atom is -0.497 e. The van der Waals surface area contributed by atoms with Gasteiger partial charge < -0.3 is 14.3 Å². The summed E-state index contributed by atoms with van der Waals surface area (Å²) in [6.45, 7) is 4.01. The van der Waals surface area contributed by atoms with Crippen LogP contribution in [0, 0.1) is 5.92 Å². The van der Waals surface area contributed by atoms with Crippen molar-refractivity contribution in [1.29, 1.82) is 0 Å². The molecule has 1 aliphatic rings. The van der Waals surface area contributed by atoms with E-state index in [2.05, 4.69) is 16.8 Å². The van der Waals surface area contributed by atoms with Crippen molar-refractivity contribution < 1.29 is 14.3 Å². The topological polar surface area (TPSA) is 58.7 Å². The minimum atomic E-state index is 0.188. The maximum absolute atomic E-state index is 9.64. The van der Waals surface area contributed by atoms with Crippen LogP contribution in [0.3, 0.4) is 0 Å². The van der Waals surface area contributed by atoms with E-state index in [0.29, 0.717) is 18.4 Å². The van der Waals surface area contributed by atoms with Gasteiger partial charge in [-0.15, -0.1) is 0 Å². The number of rotatable bonds is 5. The van der Waals surface area contributed by atoms with Crippen molar-refractivity contribution in [2.45, 2.75) is 32.4 Å². The predicted octanol–water partition coefficient (Wildman–Crippen LogP) is 2.94. The van der Waals surface area contributed by atoms with Crippen LogP contribution in [-0.2, 0) is 6.54 Å². The first-order valence-electron chi connectivity index (χ1n) is 8.15. The largest absolute Gasteiger partial charge is 0.497 e. The van der Waals surface area contributed by atoms with Gasteiger partial charge in [0.25, 0.3) is 0 Å². The van der Waals surface area contributed by atoms with Gasteiger partial charge in [0.2, 0.25) is 5.89 Å². The standard InChI is InChI=1S/C18H24N2O3/c1-13-4-3-9-20(16(13)12-21)11-18-19-10-17(23-18)14-5-7-15(22-2)8-6-14/h5-8,10,13,16,21H,3-4,9,11-12H2,1-2H3. The van der Waals surface area contributed by atoms with Gasteiger partial charge in [0, 0.05) is 11.6 Å². The summed E-state index contributed by atoms with van der Waals surface area (Å²) in [4.78, 5) is 6.68. The number of benzene rings is 1. The van der Waals surface area contributed by atoms with E-state index >= 15 is 0 Å². The molecular formula is C18H24N2O3. The Kier molecular flexibility index (Phi) is 4.98. The van der Waals surface area contributed by atoms with Gasteiger partial charge in [0.15, 0.2) is 5.76 Å². The highest BCUT2D eigenvalue weighted by Gasteiger charge is 2.28. The van der Waals surface area contributed by atoms with Gasteiger partial charge in [0.1, 0.15) is 5.75 Å². The van der Waals surface area contributed by atoms with Gasteiger partial charge in [-0.3, -0.25) is 4.90 Å². The Morgan fingerprint density at radius 3 is 2.83 bits per heavy atom. The highest BCUT2D eigenvalue weighted by atomic mass is 16.5. The van der Waals surface area contributed by atoms with Crippen molar-refractivity contribution >= 4 is 0 Å². The minimum absolute atomic E-state index is 0.188. The SMILES string of the molecule is COc1ccc(-c2cnc(CN3CCCC(C)C3CO)o2)cc1. The normalized spacial score (nSPS) is 22.2. The molecule has 2 aromatic rings. The predicted molar refractivity (Wildman–Crippen MR) is 88.2 cm³/mol. The second kappa shape index (κ2) is 7.15. The Morgan fingerprint density at radius 2 is 2.13 bits per heavy atom. The fraction of sp³-hybridized carbons (Fsp3) is 0.500. The summed E-state index contributed by atoms with van der Waals surface area (Å²) in [6.07, 6.45) is 4.09. The summed E-state index contributed by atoms with van der Waals surface area (Å²) >= 11 is 0. The quantitative estimate of drug-likeness (QED) is 0.919. The first-order valence-corrected chi connectivity index (χ1v) is 8.15. The number of oxazole rings is 1. The molecule has 2 atom stereocenters. The molecule has 0 saturated carbocycles. The number of aromatic nitrogens is 1. The Bertz CT molecular complexity index is 623. The van der Waals surface area contributed by atoms with Crippen molar-refractivity contribution in [3.8, 4) is 17.1 Å². The van der Waals surface area contributed by atoms with Crippen LogP contribution in [0.15, 0.2) is 34.9 Å². The van der Waals surface area contributed by atoms with Crippen LogP contribution in [0.5, 0.6) is 5.75 Å². The maximum atomic E-state index is 9.64. The van der Waals surface area contributed by atoms with Crippen LogP contribution < -0.4 is 4.74 Å². The summed E-state index contributed by atoms with van der Waals surface area (Å²) in [5.74, 6) is 2.78. The first-order chi connectivity index (χ1) is 11.2. The van der Waals surface area contributed by atoms with E-state index in [1.54, 1.807) is 13.3 Å². The number of aliphatic hydroxyl groups excluding tert-OH is 1. The molecule has 5 heteroatoms. The number of hydrogen-bond donors (Lipinski definition) is 1. The second-order valence-electron chi connectivity index (χ2n) is 6.19. The molecule has 0 spiro atoms. The lowest BCUT2D eigenvalue weighted by atomic mass is 9.91. The zero-order chi connectivity index (χ0) is 16.2. The Balaban J connectivity index is 1.71. The molecule has 2 heterocycles. The number of hydrogen-bond acceptors (Lipinski definition) is 5. The van der Waals surface area contributed by atoms with Gasteiger partial charge >= 0.3 is 0 Å². The van der Waals surface area contributed by atoms with E-state index in [0.717, 1.165) is 30.0 Å². The monoisotopic (exact) mass is 316 g/mol. The fourth-order valence-electron chi connectivity index (χ4n) is 3.27. The molecule has 124 valence electrons. The highest BCUT2D eigenvalue weighted by Crippen LogP contribution is 2.27.